The Morgan fingerprint density at radius 3 is 3.00 bits per heavy atom. The molecule has 5 heteroatoms. The fraction of sp³-hybridized carbons (Fsp3) is 0.167. The SMILES string of the molecule is N#Cc1ccc(NCCc2ncc[nH]2)cc1Br. The molecule has 1 heterocycles. The lowest BCUT2D eigenvalue weighted by atomic mass is 10.2. The predicted molar refractivity (Wildman–Crippen MR) is 69.6 cm³/mol. The molecule has 2 rings (SSSR count). The maximum atomic E-state index is 8.80. The summed E-state index contributed by atoms with van der Waals surface area (Å²) >= 11 is 3.36. The van der Waals surface area contributed by atoms with E-state index in [1.165, 1.54) is 0 Å². The van der Waals surface area contributed by atoms with Gasteiger partial charge in [-0.25, -0.2) is 4.98 Å². The zero-order valence-corrected chi connectivity index (χ0v) is 10.7. The molecule has 0 fully saturated rings. The summed E-state index contributed by atoms with van der Waals surface area (Å²) in [6, 6.07) is 7.70. The van der Waals surface area contributed by atoms with Gasteiger partial charge < -0.3 is 10.3 Å². The minimum Gasteiger partial charge on any atom is -0.385 e. The molecule has 17 heavy (non-hydrogen) atoms. The molecule has 0 radical (unpaired) electrons. The number of imidazole rings is 1. The number of anilines is 1. The largest absolute Gasteiger partial charge is 0.385 e. The van der Waals surface area contributed by atoms with Crippen LogP contribution in [0.15, 0.2) is 35.1 Å². The first-order valence-corrected chi connectivity index (χ1v) is 6.00. The third-order valence-electron chi connectivity index (χ3n) is 2.34. The van der Waals surface area contributed by atoms with E-state index in [-0.39, 0.29) is 0 Å². The molecular weight excluding hydrogens is 280 g/mol. The molecule has 0 unspecified atom stereocenters. The van der Waals surface area contributed by atoms with Gasteiger partial charge in [-0.1, -0.05) is 0 Å². The number of hydrogen-bond donors (Lipinski definition) is 2. The van der Waals surface area contributed by atoms with Crippen molar-refractivity contribution in [3.63, 3.8) is 0 Å². The molecule has 0 saturated carbocycles. The van der Waals surface area contributed by atoms with E-state index in [9.17, 15) is 0 Å². The second-order valence-electron chi connectivity index (χ2n) is 3.52. The minimum atomic E-state index is 0.640. The van der Waals surface area contributed by atoms with E-state index in [0.717, 1.165) is 29.0 Å². The van der Waals surface area contributed by atoms with Gasteiger partial charge in [0.25, 0.3) is 0 Å². The standard InChI is InChI=1S/C12H11BrN4/c13-11-7-10(2-1-9(11)8-14)15-4-3-12-16-5-6-17-12/h1-2,5-7,15H,3-4H2,(H,16,17). The maximum absolute atomic E-state index is 8.80. The zero-order chi connectivity index (χ0) is 12.1. The molecule has 0 atom stereocenters. The van der Waals surface area contributed by atoms with Crippen molar-refractivity contribution < 1.29 is 0 Å². The smallest absolute Gasteiger partial charge is 0.107 e. The lowest BCUT2D eigenvalue weighted by Crippen LogP contribution is -2.05. The van der Waals surface area contributed by atoms with Crippen molar-refractivity contribution in [2.24, 2.45) is 0 Å². The summed E-state index contributed by atoms with van der Waals surface area (Å²) in [5, 5.41) is 12.1. The van der Waals surface area contributed by atoms with Crippen LogP contribution in [0, 0.1) is 11.3 Å². The Labute approximate surface area is 108 Å². The van der Waals surface area contributed by atoms with Gasteiger partial charge >= 0.3 is 0 Å². The fourth-order valence-electron chi connectivity index (χ4n) is 1.48. The third-order valence-corrected chi connectivity index (χ3v) is 2.99. The summed E-state index contributed by atoms with van der Waals surface area (Å²) in [6.07, 6.45) is 4.39. The maximum Gasteiger partial charge on any atom is 0.107 e. The number of nitriles is 1. The van der Waals surface area contributed by atoms with E-state index in [1.807, 2.05) is 18.3 Å². The molecule has 0 aliphatic heterocycles. The van der Waals surface area contributed by atoms with Crippen molar-refractivity contribution in [3.8, 4) is 6.07 Å². The second kappa shape index (κ2) is 5.51. The summed E-state index contributed by atoms with van der Waals surface area (Å²) in [5.41, 5.74) is 1.63. The monoisotopic (exact) mass is 290 g/mol. The highest BCUT2D eigenvalue weighted by molar-refractivity contribution is 9.10. The Hall–Kier alpha value is -1.80. The second-order valence-corrected chi connectivity index (χ2v) is 4.37. The summed E-state index contributed by atoms with van der Waals surface area (Å²) in [4.78, 5) is 7.19. The minimum absolute atomic E-state index is 0.640. The van der Waals surface area contributed by atoms with Gasteiger partial charge in [0.05, 0.1) is 5.56 Å². The molecule has 1 aromatic carbocycles. The number of benzene rings is 1. The van der Waals surface area contributed by atoms with E-state index >= 15 is 0 Å². The zero-order valence-electron chi connectivity index (χ0n) is 9.07. The van der Waals surface area contributed by atoms with Crippen LogP contribution in [0.4, 0.5) is 5.69 Å². The number of halogens is 1. The molecule has 0 aliphatic carbocycles. The molecule has 0 amide bonds. The predicted octanol–water partition coefficient (Wildman–Crippen LogP) is 2.70. The van der Waals surface area contributed by atoms with E-state index in [0.29, 0.717) is 5.56 Å². The van der Waals surface area contributed by atoms with Gasteiger partial charge in [-0.2, -0.15) is 5.26 Å². The van der Waals surface area contributed by atoms with Crippen molar-refractivity contribution in [1.82, 2.24) is 9.97 Å². The lowest BCUT2D eigenvalue weighted by molar-refractivity contribution is 0.927. The Kier molecular flexibility index (Phi) is 3.78. The normalized spacial score (nSPS) is 9.88. The van der Waals surface area contributed by atoms with Crippen LogP contribution in [0.2, 0.25) is 0 Å². The lowest BCUT2D eigenvalue weighted by Gasteiger charge is -2.06. The van der Waals surface area contributed by atoms with Crippen LogP contribution in [-0.2, 0) is 6.42 Å². The summed E-state index contributed by atoms with van der Waals surface area (Å²) in [5.74, 6) is 0.963. The van der Waals surface area contributed by atoms with Crippen LogP contribution in [0.5, 0.6) is 0 Å². The summed E-state index contributed by atoms with van der Waals surface area (Å²) < 4.78 is 0.808. The average molecular weight is 291 g/mol. The van der Waals surface area contributed by atoms with Crippen LogP contribution in [0.3, 0.4) is 0 Å². The number of rotatable bonds is 4. The fourth-order valence-corrected chi connectivity index (χ4v) is 1.94. The number of hydrogen-bond acceptors (Lipinski definition) is 3. The van der Waals surface area contributed by atoms with Crippen LogP contribution in [0.25, 0.3) is 0 Å². The van der Waals surface area contributed by atoms with Crippen LogP contribution < -0.4 is 5.32 Å². The van der Waals surface area contributed by atoms with Crippen molar-refractivity contribution in [2.45, 2.75) is 6.42 Å². The first-order chi connectivity index (χ1) is 8.29. The topological polar surface area (TPSA) is 64.5 Å². The molecular formula is C12H11BrN4. The summed E-state index contributed by atoms with van der Waals surface area (Å²) in [6.45, 7) is 0.797. The third kappa shape index (κ3) is 3.08. The number of H-pyrrole nitrogens is 1. The van der Waals surface area contributed by atoms with Crippen molar-refractivity contribution in [3.05, 3.63) is 46.5 Å². The Morgan fingerprint density at radius 2 is 2.35 bits per heavy atom. The number of aromatic amines is 1. The highest BCUT2D eigenvalue weighted by atomic mass is 79.9. The summed E-state index contributed by atoms with van der Waals surface area (Å²) in [7, 11) is 0. The van der Waals surface area contributed by atoms with Crippen LogP contribution in [0.1, 0.15) is 11.4 Å². The van der Waals surface area contributed by atoms with Gasteiger partial charge in [-0.15, -0.1) is 0 Å². The van der Waals surface area contributed by atoms with Gasteiger partial charge in [-0.3, -0.25) is 0 Å². The quantitative estimate of drug-likeness (QED) is 0.910. The first kappa shape index (κ1) is 11.7. The van der Waals surface area contributed by atoms with Crippen molar-refractivity contribution in [2.75, 3.05) is 11.9 Å². The van der Waals surface area contributed by atoms with E-state index < -0.39 is 0 Å². The van der Waals surface area contributed by atoms with Gasteiger partial charge in [0.2, 0.25) is 0 Å². The van der Waals surface area contributed by atoms with Crippen molar-refractivity contribution >= 4 is 21.6 Å². The average Bonchev–Trinajstić information content (AvgIpc) is 2.82. The Morgan fingerprint density at radius 1 is 1.47 bits per heavy atom. The molecule has 2 N–H and O–H groups in total. The number of nitrogens with one attached hydrogen (secondary N) is 2. The van der Waals surface area contributed by atoms with E-state index in [1.54, 1.807) is 12.3 Å². The van der Waals surface area contributed by atoms with E-state index in [4.69, 9.17) is 5.26 Å². The number of nitrogens with zero attached hydrogens (tertiary/aromatic N) is 2. The van der Waals surface area contributed by atoms with E-state index in [2.05, 4.69) is 37.3 Å². The molecule has 86 valence electrons. The van der Waals surface area contributed by atoms with Gasteiger partial charge in [-0.05, 0) is 34.1 Å². The molecule has 0 spiro atoms. The van der Waals surface area contributed by atoms with Gasteiger partial charge in [0.1, 0.15) is 11.9 Å². The molecule has 0 saturated heterocycles. The Bertz CT molecular complexity index is 528. The molecule has 0 bridgehead atoms. The molecule has 2 aromatic rings. The van der Waals surface area contributed by atoms with Gasteiger partial charge in [0, 0.05) is 35.5 Å². The highest BCUT2D eigenvalue weighted by Gasteiger charge is 2.00. The molecule has 4 nitrogen and oxygen atoms in total. The Balaban J connectivity index is 1.91. The first-order valence-electron chi connectivity index (χ1n) is 5.21. The molecule has 1 aromatic heterocycles. The van der Waals surface area contributed by atoms with Crippen molar-refractivity contribution in [1.29, 1.82) is 5.26 Å². The molecule has 0 aliphatic rings. The van der Waals surface area contributed by atoms with Crippen LogP contribution in [-0.4, -0.2) is 16.5 Å². The van der Waals surface area contributed by atoms with Crippen LogP contribution >= 0.6 is 15.9 Å². The highest BCUT2D eigenvalue weighted by Crippen LogP contribution is 2.20. The number of aromatic nitrogens is 2. The van der Waals surface area contributed by atoms with Gasteiger partial charge in [0.15, 0.2) is 0 Å².